The SMILES string of the molecule is CC(=O)[C@H]1CC[C@H]2[C@@H]3CC=C4C[C@H](O)CC[C@@]4(C)[C@@H]3CC[C@]12C. The van der Waals surface area contributed by atoms with Crippen LogP contribution in [0.2, 0.25) is 0 Å². The molecule has 0 aromatic heterocycles. The molecular formula is C21H32O2. The van der Waals surface area contributed by atoms with Gasteiger partial charge in [-0.3, -0.25) is 4.79 Å². The van der Waals surface area contributed by atoms with Crippen LogP contribution < -0.4 is 0 Å². The van der Waals surface area contributed by atoms with Crippen LogP contribution in [-0.4, -0.2) is 17.0 Å². The van der Waals surface area contributed by atoms with E-state index in [9.17, 15) is 9.90 Å². The highest BCUT2D eigenvalue weighted by atomic mass is 16.3. The molecule has 0 amide bonds. The highest BCUT2D eigenvalue weighted by molar-refractivity contribution is 5.79. The molecule has 0 radical (unpaired) electrons. The van der Waals surface area contributed by atoms with Gasteiger partial charge in [-0.05, 0) is 86.9 Å². The molecule has 0 unspecified atom stereocenters. The molecule has 1 N–H and O–H groups in total. The van der Waals surface area contributed by atoms with Crippen LogP contribution in [-0.2, 0) is 4.79 Å². The third-order valence-electron chi connectivity index (χ3n) is 8.57. The number of aliphatic hydroxyl groups excluding tert-OH is 1. The summed E-state index contributed by atoms with van der Waals surface area (Å²) in [5.41, 5.74) is 2.11. The predicted molar refractivity (Wildman–Crippen MR) is 91.9 cm³/mol. The minimum atomic E-state index is -0.117. The van der Waals surface area contributed by atoms with Gasteiger partial charge in [0.15, 0.2) is 0 Å². The maximum Gasteiger partial charge on any atom is 0.133 e. The molecule has 4 rings (SSSR count). The second-order valence-corrected chi connectivity index (χ2v) is 9.44. The van der Waals surface area contributed by atoms with E-state index in [4.69, 9.17) is 0 Å². The molecule has 0 saturated heterocycles. The van der Waals surface area contributed by atoms with Crippen molar-refractivity contribution in [3.63, 3.8) is 0 Å². The summed E-state index contributed by atoms with van der Waals surface area (Å²) in [6.07, 6.45) is 11.5. The fourth-order valence-electron chi connectivity index (χ4n) is 7.31. The van der Waals surface area contributed by atoms with Crippen molar-refractivity contribution < 1.29 is 9.90 Å². The van der Waals surface area contributed by atoms with Gasteiger partial charge in [-0.25, -0.2) is 0 Å². The lowest BCUT2D eigenvalue weighted by molar-refractivity contribution is -0.127. The Morgan fingerprint density at radius 1 is 1.13 bits per heavy atom. The smallest absolute Gasteiger partial charge is 0.133 e. The van der Waals surface area contributed by atoms with E-state index in [1.807, 2.05) is 6.92 Å². The van der Waals surface area contributed by atoms with Gasteiger partial charge in [0, 0.05) is 5.92 Å². The molecule has 0 aromatic rings. The number of carbonyl (C=O) groups excluding carboxylic acids is 1. The predicted octanol–water partition coefficient (Wildman–Crippen LogP) is 4.52. The quantitative estimate of drug-likeness (QED) is 0.722. The zero-order chi connectivity index (χ0) is 16.4. The molecule has 23 heavy (non-hydrogen) atoms. The van der Waals surface area contributed by atoms with Gasteiger partial charge >= 0.3 is 0 Å². The number of aliphatic hydroxyl groups is 1. The lowest BCUT2D eigenvalue weighted by atomic mass is 9.47. The van der Waals surface area contributed by atoms with Crippen molar-refractivity contribution in [3.05, 3.63) is 11.6 Å². The fraction of sp³-hybridized carbons (Fsp3) is 0.857. The zero-order valence-electron chi connectivity index (χ0n) is 15.0. The number of carbonyl (C=O) groups is 1. The summed E-state index contributed by atoms with van der Waals surface area (Å²) in [7, 11) is 0. The molecule has 2 heteroatoms. The molecule has 4 aliphatic rings. The summed E-state index contributed by atoms with van der Waals surface area (Å²) < 4.78 is 0. The lowest BCUT2D eigenvalue weighted by Crippen LogP contribution is -2.50. The van der Waals surface area contributed by atoms with Crippen molar-refractivity contribution in [2.75, 3.05) is 0 Å². The molecule has 7 atom stereocenters. The van der Waals surface area contributed by atoms with Gasteiger partial charge in [-0.1, -0.05) is 25.5 Å². The minimum Gasteiger partial charge on any atom is -0.393 e. The number of allylic oxidation sites excluding steroid dienone is 1. The van der Waals surface area contributed by atoms with Gasteiger partial charge in [-0.2, -0.15) is 0 Å². The summed E-state index contributed by atoms with van der Waals surface area (Å²) in [4.78, 5) is 12.2. The first kappa shape index (κ1) is 15.9. The molecule has 3 fully saturated rings. The molecule has 0 spiro atoms. The molecular weight excluding hydrogens is 284 g/mol. The van der Waals surface area contributed by atoms with Gasteiger partial charge in [-0.15, -0.1) is 0 Å². The highest BCUT2D eigenvalue weighted by Crippen LogP contribution is 2.66. The Balaban J connectivity index is 1.66. The Labute approximate surface area is 140 Å². The summed E-state index contributed by atoms with van der Waals surface area (Å²) >= 11 is 0. The van der Waals surface area contributed by atoms with E-state index in [1.54, 1.807) is 5.57 Å². The van der Waals surface area contributed by atoms with Crippen molar-refractivity contribution in [2.24, 2.45) is 34.5 Å². The van der Waals surface area contributed by atoms with Crippen molar-refractivity contribution in [3.8, 4) is 0 Å². The highest BCUT2D eigenvalue weighted by Gasteiger charge is 2.59. The van der Waals surface area contributed by atoms with Crippen LogP contribution in [0.3, 0.4) is 0 Å². The van der Waals surface area contributed by atoms with Crippen LogP contribution in [0.4, 0.5) is 0 Å². The average Bonchev–Trinajstić information content (AvgIpc) is 2.85. The van der Waals surface area contributed by atoms with E-state index < -0.39 is 0 Å². The van der Waals surface area contributed by atoms with Crippen LogP contribution in [0.15, 0.2) is 11.6 Å². The van der Waals surface area contributed by atoms with E-state index in [1.165, 1.54) is 25.7 Å². The van der Waals surface area contributed by atoms with Crippen LogP contribution in [0, 0.1) is 34.5 Å². The number of hydrogen-bond acceptors (Lipinski definition) is 2. The molecule has 4 aliphatic carbocycles. The second-order valence-electron chi connectivity index (χ2n) is 9.44. The Morgan fingerprint density at radius 2 is 1.91 bits per heavy atom. The van der Waals surface area contributed by atoms with Gasteiger partial charge in [0.05, 0.1) is 6.10 Å². The molecule has 3 saturated carbocycles. The maximum absolute atomic E-state index is 12.2. The van der Waals surface area contributed by atoms with E-state index in [-0.39, 0.29) is 11.5 Å². The fourth-order valence-corrected chi connectivity index (χ4v) is 7.31. The largest absolute Gasteiger partial charge is 0.393 e. The topological polar surface area (TPSA) is 37.3 Å². The number of Topliss-reactive ketones (excluding diaryl/α,β-unsaturated/α-hetero) is 1. The first-order valence-corrected chi connectivity index (χ1v) is 9.74. The van der Waals surface area contributed by atoms with Crippen LogP contribution in [0.1, 0.15) is 72.1 Å². The molecule has 0 aromatic carbocycles. The van der Waals surface area contributed by atoms with E-state index >= 15 is 0 Å². The number of fused-ring (bicyclic) bond motifs is 5. The van der Waals surface area contributed by atoms with E-state index in [2.05, 4.69) is 19.9 Å². The molecule has 128 valence electrons. The zero-order valence-corrected chi connectivity index (χ0v) is 15.0. The summed E-state index contributed by atoms with van der Waals surface area (Å²) in [6, 6.07) is 0. The summed E-state index contributed by atoms with van der Waals surface area (Å²) in [6.45, 7) is 6.70. The van der Waals surface area contributed by atoms with Crippen molar-refractivity contribution >= 4 is 5.78 Å². The van der Waals surface area contributed by atoms with E-state index in [0.29, 0.717) is 17.1 Å². The van der Waals surface area contributed by atoms with Crippen molar-refractivity contribution in [2.45, 2.75) is 78.2 Å². The normalized spacial score (nSPS) is 52.2. The standard InChI is InChI=1S/C21H32O2/c1-13(22)17-6-7-18-16-5-4-14-12-15(23)8-10-20(14,2)19(16)9-11-21(17,18)3/h4,15-19,23H,5-12H2,1-3H3/t15-,16+,17-,18+,19-,20-,21-/m1/s1. The Kier molecular flexibility index (Phi) is 3.58. The van der Waals surface area contributed by atoms with Crippen LogP contribution in [0.25, 0.3) is 0 Å². The van der Waals surface area contributed by atoms with Crippen LogP contribution in [0.5, 0.6) is 0 Å². The van der Waals surface area contributed by atoms with Gasteiger partial charge in [0.1, 0.15) is 5.78 Å². The molecule has 0 heterocycles. The number of ketones is 1. The Bertz CT molecular complexity index is 550. The number of rotatable bonds is 1. The molecule has 2 nitrogen and oxygen atoms in total. The first-order chi connectivity index (χ1) is 10.9. The monoisotopic (exact) mass is 316 g/mol. The summed E-state index contributed by atoms with van der Waals surface area (Å²) in [5, 5.41) is 10.1. The van der Waals surface area contributed by atoms with Gasteiger partial charge < -0.3 is 5.11 Å². The first-order valence-electron chi connectivity index (χ1n) is 9.74. The Morgan fingerprint density at radius 3 is 2.65 bits per heavy atom. The van der Waals surface area contributed by atoms with E-state index in [0.717, 1.165) is 43.4 Å². The van der Waals surface area contributed by atoms with Crippen molar-refractivity contribution in [1.29, 1.82) is 0 Å². The second kappa shape index (κ2) is 5.18. The average molecular weight is 316 g/mol. The maximum atomic E-state index is 12.2. The number of hydrogen-bond donors (Lipinski definition) is 1. The Hall–Kier alpha value is -0.630. The third-order valence-corrected chi connectivity index (χ3v) is 8.57. The van der Waals surface area contributed by atoms with Gasteiger partial charge in [0.2, 0.25) is 0 Å². The summed E-state index contributed by atoms with van der Waals surface area (Å²) in [5.74, 6) is 3.00. The minimum absolute atomic E-state index is 0.117. The molecule has 0 aliphatic heterocycles. The van der Waals surface area contributed by atoms with Crippen molar-refractivity contribution in [1.82, 2.24) is 0 Å². The molecule has 0 bridgehead atoms. The third kappa shape index (κ3) is 2.13. The lowest BCUT2D eigenvalue weighted by Gasteiger charge is -2.57. The van der Waals surface area contributed by atoms with Gasteiger partial charge in [0.25, 0.3) is 0 Å². The van der Waals surface area contributed by atoms with Crippen LogP contribution >= 0.6 is 0 Å².